The van der Waals surface area contributed by atoms with Crippen molar-refractivity contribution in [1.82, 2.24) is 5.32 Å². The van der Waals surface area contributed by atoms with E-state index in [0.717, 1.165) is 24.8 Å². The van der Waals surface area contributed by atoms with Crippen LogP contribution in [-0.4, -0.2) is 25.8 Å². The van der Waals surface area contributed by atoms with Gasteiger partial charge in [0.25, 0.3) is 0 Å². The molecule has 2 nitrogen and oxygen atoms in total. The van der Waals surface area contributed by atoms with E-state index in [1.54, 1.807) is 0 Å². The summed E-state index contributed by atoms with van der Waals surface area (Å²) in [4.78, 5) is 0. The monoisotopic (exact) mass is 281 g/mol. The van der Waals surface area contributed by atoms with Gasteiger partial charge in [0.1, 0.15) is 0 Å². The number of benzene rings is 1. The minimum absolute atomic E-state index is 0.623. The van der Waals surface area contributed by atoms with Crippen LogP contribution in [0.4, 0.5) is 0 Å². The van der Waals surface area contributed by atoms with Crippen LogP contribution in [0.25, 0.3) is 0 Å². The number of halogens is 1. The van der Waals surface area contributed by atoms with Crippen molar-refractivity contribution < 1.29 is 4.74 Å². The Morgan fingerprint density at radius 1 is 1.26 bits per heavy atom. The molecule has 0 radical (unpaired) electrons. The average molecular weight is 282 g/mol. The van der Waals surface area contributed by atoms with Crippen molar-refractivity contribution >= 4 is 11.6 Å². The van der Waals surface area contributed by atoms with Crippen molar-refractivity contribution in [2.45, 2.75) is 38.6 Å². The van der Waals surface area contributed by atoms with Crippen LogP contribution in [0.15, 0.2) is 24.3 Å². The third-order valence-electron chi connectivity index (χ3n) is 3.61. The molecule has 2 rings (SSSR count). The van der Waals surface area contributed by atoms with Gasteiger partial charge in [0.15, 0.2) is 0 Å². The van der Waals surface area contributed by atoms with Gasteiger partial charge in [-0.2, -0.15) is 0 Å². The van der Waals surface area contributed by atoms with E-state index in [1.165, 1.54) is 18.4 Å². The van der Waals surface area contributed by atoms with Crippen molar-refractivity contribution in [3.8, 4) is 0 Å². The number of hydrogen-bond donors (Lipinski definition) is 1. The Labute approximate surface area is 121 Å². The SMILES string of the molecule is CC(C)COCCNC1CC(c2ccc(Cl)cc2)C1. The maximum atomic E-state index is 5.90. The van der Waals surface area contributed by atoms with Gasteiger partial charge < -0.3 is 10.1 Å². The minimum atomic E-state index is 0.623. The molecule has 1 saturated carbocycles. The van der Waals surface area contributed by atoms with Gasteiger partial charge in [-0.05, 0) is 42.4 Å². The van der Waals surface area contributed by atoms with Crippen LogP contribution < -0.4 is 5.32 Å². The van der Waals surface area contributed by atoms with E-state index in [9.17, 15) is 0 Å². The largest absolute Gasteiger partial charge is 0.380 e. The molecule has 1 aliphatic carbocycles. The van der Waals surface area contributed by atoms with E-state index in [2.05, 4.69) is 31.3 Å². The first-order chi connectivity index (χ1) is 9.15. The molecule has 0 unspecified atom stereocenters. The molecule has 19 heavy (non-hydrogen) atoms. The predicted octanol–water partition coefficient (Wildman–Crippen LogP) is 3.85. The molecule has 1 N–H and O–H groups in total. The number of rotatable bonds is 7. The van der Waals surface area contributed by atoms with Gasteiger partial charge in [0.2, 0.25) is 0 Å². The summed E-state index contributed by atoms with van der Waals surface area (Å²) in [5.74, 6) is 1.32. The highest BCUT2D eigenvalue weighted by molar-refractivity contribution is 6.30. The summed E-state index contributed by atoms with van der Waals surface area (Å²) in [5.41, 5.74) is 1.42. The molecule has 106 valence electrons. The zero-order valence-corrected chi connectivity index (χ0v) is 12.6. The Hall–Kier alpha value is -0.570. The lowest BCUT2D eigenvalue weighted by Crippen LogP contribution is -2.41. The van der Waals surface area contributed by atoms with Gasteiger partial charge in [0.05, 0.1) is 6.61 Å². The highest BCUT2D eigenvalue weighted by Gasteiger charge is 2.29. The van der Waals surface area contributed by atoms with E-state index in [0.29, 0.717) is 17.9 Å². The fraction of sp³-hybridized carbons (Fsp3) is 0.625. The first-order valence-electron chi connectivity index (χ1n) is 7.21. The molecule has 3 heteroatoms. The van der Waals surface area contributed by atoms with Crippen molar-refractivity contribution in [2.24, 2.45) is 5.92 Å². The van der Waals surface area contributed by atoms with Gasteiger partial charge in [-0.3, -0.25) is 0 Å². The molecule has 1 aromatic carbocycles. The molecule has 1 aromatic rings. The lowest BCUT2D eigenvalue weighted by Gasteiger charge is -2.36. The maximum Gasteiger partial charge on any atom is 0.0591 e. The Balaban J connectivity index is 1.57. The predicted molar refractivity (Wildman–Crippen MR) is 80.9 cm³/mol. The zero-order valence-electron chi connectivity index (χ0n) is 11.9. The van der Waals surface area contributed by atoms with E-state index in [-0.39, 0.29) is 0 Å². The highest BCUT2D eigenvalue weighted by Crippen LogP contribution is 2.37. The second-order valence-electron chi connectivity index (χ2n) is 5.84. The smallest absolute Gasteiger partial charge is 0.0591 e. The van der Waals surface area contributed by atoms with Crippen LogP contribution >= 0.6 is 11.6 Å². The Bertz CT molecular complexity index is 371. The third kappa shape index (κ3) is 4.79. The molecule has 0 spiro atoms. The fourth-order valence-corrected chi connectivity index (χ4v) is 2.57. The van der Waals surface area contributed by atoms with Crippen LogP contribution in [0, 0.1) is 5.92 Å². The molecular formula is C16H24ClNO. The van der Waals surface area contributed by atoms with Crippen LogP contribution in [0.3, 0.4) is 0 Å². The summed E-state index contributed by atoms with van der Waals surface area (Å²) in [6.07, 6.45) is 2.46. The lowest BCUT2D eigenvalue weighted by molar-refractivity contribution is 0.106. The second kappa shape index (κ2) is 7.28. The molecule has 0 heterocycles. The van der Waals surface area contributed by atoms with E-state index in [1.807, 2.05) is 12.1 Å². The Morgan fingerprint density at radius 3 is 2.58 bits per heavy atom. The minimum Gasteiger partial charge on any atom is -0.380 e. The summed E-state index contributed by atoms with van der Waals surface area (Å²) in [6.45, 7) is 7.00. The molecule has 0 amide bonds. The van der Waals surface area contributed by atoms with Crippen molar-refractivity contribution in [2.75, 3.05) is 19.8 Å². The zero-order chi connectivity index (χ0) is 13.7. The molecule has 1 aliphatic rings. The molecule has 0 bridgehead atoms. The van der Waals surface area contributed by atoms with Gasteiger partial charge in [-0.15, -0.1) is 0 Å². The standard InChI is InChI=1S/C16H24ClNO/c1-12(2)11-19-8-7-18-16-9-14(10-16)13-3-5-15(17)6-4-13/h3-6,12,14,16,18H,7-11H2,1-2H3. The van der Waals surface area contributed by atoms with Crippen LogP contribution in [-0.2, 0) is 4.74 Å². The first kappa shape index (κ1) is 14.8. The molecule has 0 atom stereocenters. The third-order valence-corrected chi connectivity index (χ3v) is 3.86. The summed E-state index contributed by atoms with van der Waals surface area (Å²) >= 11 is 5.90. The summed E-state index contributed by atoms with van der Waals surface area (Å²) in [5, 5.41) is 4.37. The fourth-order valence-electron chi connectivity index (χ4n) is 2.45. The topological polar surface area (TPSA) is 21.3 Å². The second-order valence-corrected chi connectivity index (χ2v) is 6.28. The lowest BCUT2D eigenvalue weighted by atomic mass is 9.76. The van der Waals surface area contributed by atoms with Crippen LogP contribution in [0.5, 0.6) is 0 Å². The highest BCUT2D eigenvalue weighted by atomic mass is 35.5. The summed E-state index contributed by atoms with van der Waals surface area (Å²) < 4.78 is 5.56. The average Bonchev–Trinajstić information content (AvgIpc) is 2.32. The van der Waals surface area contributed by atoms with Crippen molar-refractivity contribution in [1.29, 1.82) is 0 Å². The van der Waals surface area contributed by atoms with Gasteiger partial charge in [0, 0.05) is 24.2 Å². The van der Waals surface area contributed by atoms with E-state index < -0.39 is 0 Å². The number of hydrogen-bond acceptors (Lipinski definition) is 2. The van der Waals surface area contributed by atoms with Crippen molar-refractivity contribution in [3.05, 3.63) is 34.9 Å². The summed E-state index contributed by atoms with van der Waals surface area (Å²) in [6, 6.07) is 8.92. The molecule has 0 saturated heterocycles. The molecular weight excluding hydrogens is 258 g/mol. The van der Waals surface area contributed by atoms with Crippen molar-refractivity contribution in [3.63, 3.8) is 0 Å². The quantitative estimate of drug-likeness (QED) is 0.767. The van der Waals surface area contributed by atoms with Gasteiger partial charge in [-0.25, -0.2) is 0 Å². The van der Waals surface area contributed by atoms with E-state index >= 15 is 0 Å². The first-order valence-corrected chi connectivity index (χ1v) is 7.59. The number of ether oxygens (including phenoxy) is 1. The van der Waals surface area contributed by atoms with E-state index in [4.69, 9.17) is 16.3 Å². The Kier molecular flexibility index (Phi) is 5.68. The van der Waals surface area contributed by atoms with Gasteiger partial charge >= 0.3 is 0 Å². The Morgan fingerprint density at radius 2 is 1.95 bits per heavy atom. The molecule has 0 aromatic heterocycles. The summed E-state index contributed by atoms with van der Waals surface area (Å²) in [7, 11) is 0. The van der Waals surface area contributed by atoms with Crippen LogP contribution in [0.1, 0.15) is 38.2 Å². The number of nitrogens with one attached hydrogen (secondary N) is 1. The molecule has 0 aliphatic heterocycles. The normalized spacial score (nSPS) is 22.5. The van der Waals surface area contributed by atoms with Gasteiger partial charge in [-0.1, -0.05) is 37.6 Å². The van der Waals surface area contributed by atoms with Crippen LogP contribution in [0.2, 0.25) is 5.02 Å². The molecule has 1 fully saturated rings. The maximum absolute atomic E-state index is 5.90.